The van der Waals surface area contributed by atoms with Crippen LogP contribution in [0.4, 0.5) is 8.78 Å². The molecule has 204 valence electrons. The number of benzene rings is 2. The summed E-state index contributed by atoms with van der Waals surface area (Å²) in [7, 11) is -3.84. The van der Waals surface area contributed by atoms with E-state index in [4.69, 9.17) is 0 Å². The zero-order chi connectivity index (χ0) is 26.9. The number of carbonyl (C=O) groups is 2. The smallest absolute Gasteiger partial charge is 0.267 e. The molecular formula is C28H33F2N3O4S. The van der Waals surface area contributed by atoms with E-state index in [9.17, 15) is 26.8 Å². The van der Waals surface area contributed by atoms with Gasteiger partial charge < -0.3 is 9.80 Å². The fourth-order valence-electron chi connectivity index (χ4n) is 5.93. The molecule has 3 fully saturated rings. The van der Waals surface area contributed by atoms with Gasteiger partial charge in [-0.2, -0.15) is 4.31 Å². The minimum absolute atomic E-state index is 0.0708. The first-order chi connectivity index (χ1) is 18.2. The number of halogens is 2. The standard InChI is InChI=1S/C28H33F2N3O4S/c29-28(30)15-18-32(20-28)26(34)22-13-16-31(17-14-22)27(35)23-11-12-25(21-7-3-1-4-8-21)33(19-23)38(36,37)24-9-5-2-6-10-24/h1-10,22-23,25H,11-20H2/t23-,25-/m1/s1. The van der Waals surface area contributed by atoms with Crippen LogP contribution in [0.5, 0.6) is 0 Å². The molecule has 2 atom stereocenters. The highest BCUT2D eigenvalue weighted by atomic mass is 32.2. The molecule has 0 unspecified atom stereocenters. The van der Waals surface area contributed by atoms with Crippen molar-refractivity contribution in [1.82, 2.24) is 14.1 Å². The molecule has 3 aliphatic heterocycles. The summed E-state index contributed by atoms with van der Waals surface area (Å²) in [5.74, 6) is -4.03. The second kappa shape index (κ2) is 10.7. The minimum atomic E-state index is -3.84. The topological polar surface area (TPSA) is 78.0 Å². The first-order valence-electron chi connectivity index (χ1n) is 13.2. The SMILES string of the molecule is O=C(C1CCN(C(=O)[C@@H]2CC[C@H](c3ccccc3)N(S(=O)(=O)c3ccccc3)C2)CC1)N1CCC(F)(F)C1. The second-order valence-electron chi connectivity index (χ2n) is 10.6. The van der Waals surface area contributed by atoms with Crippen LogP contribution in [0.1, 0.15) is 43.7 Å². The van der Waals surface area contributed by atoms with Crippen LogP contribution in [0.15, 0.2) is 65.6 Å². The monoisotopic (exact) mass is 545 g/mol. The van der Waals surface area contributed by atoms with Crippen LogP contribution < -0.4 is 0 Å². The summed E-state index contributed by atoms with van der Waals surface area (Å²) in [6.45, 7) is 0.354. The van der Waals surface area contributed by atoms with Crippen molar-refractivity contribution in [3.63, 3.8) is 0 Å². The average molecular weight is 546 g/mol. The number of hydrogen-bond donors (Lipinski definition) is 0. The van der Waals surface area contributed by atoms with E-state index in [2.05, 4.69) is 0 Å². The second-order valence-corrected chi connectivity index (χ2v) is 12.4. The highest BCUT2D eigenvalue weighted by Crippen LogP contribution is 2.38. The molecule has 3 aliphatic rings. The molecule has 0 spiro atoms. The Morgan fingerprint density at radius 2 is 1.37 bits per heavy atom. The molecule has 0 N–H and O–H groups in total. The molecule has 3 heterocycles. The Hall–Kier alpha value is -2.85. The lowest BCUT2D eigenvalue weighted by Gasteiger charge is -2.41. The summed E-state index contributed by atoms with van der Waals surface area (Å²) in [6, 6.07) is 17.4. The number of amides is 2. The normalized spacial score (nSPS) is 24.9. The zero-order valence-electron chi connectivity index (χ0n) is 21.2. The molecule has 0 aliphatic carbocycles. The zero-order valence-corrected chi connectivity index (χ0v) is 22.0. The van der Waals surface area contributed by atoms with E-state index in [0.29, 0.717) is 38.8 Å². The minimum Gasteiger partial charge on any atom is -0.342 e. The predicted molar refractivity (Wildman–Crippen MR) is 138 cm³/mol. The number of alkyl halides is 2. The van der Waals surface area contributed by atoms with E-state index in [1.54, 1.807) is 35.2 Å². The van der Waals surface area contributed by atoms with Gasteiger partial charge >= 0.3 is 0 Å². The number of rotatable bonds is 5. The van der Waals surface area contributed by atoms with E-state index in [0.717, 1.165) is 5.56 Å². The Bertz CT molecular complexity index is 1250. The highest BCUT2D eigenvalue weighted by Gasteiger charge is 2.44. The molecule has 0 saturated carbocycles. The molecule has 38 heavy (non-hydrogen) atoms. The molecule has 2 amide bonds. The van der Waals surface area contributed by atoms with E-state index in [1.165, 1.54) is 9.21 Å². The highest BCUT2D eigenvalue weighted by molar-refractivity contribution is 7.89. The van der Waals surface area contributed by atoms with Gasteiger partial charge in [0.25, 0.3) is 5.92 Å². The van der Waals surface area contributed by atoms with Crippen molar-refractivity contribution >= 4 is 21.8 Å². The largest absolute Gasteiger partial charge is 0.342 e. The summed E-state index contributed by atoms with van der Waals surface area (Å²) in [6.07, 6.45) is 1.63. The van der Waals surface area contributed by atoms with E-state index in [1.807, 2.05) is 30.3 Å². The van der Waals surface area contributed by atoms with Gasteiger partial charge in [-0.15, -0.1) is 0 Å². The van der Waals surface area contributed by atoms with Crippen molar-refractivity contribution in [3.05, 3.63) is 66.2 Å². The van der Waals surface area contributed by atoms with Crippen molar-refractivity contribution in [2.75, 3.05) is 32.7 Å². The van der Waals surface area contributed by atoms with Gasteiger partial charge in [0, 0.05) is 38.5 Å². The van der Waals surface area contributed by atoms with Crippen LogP contribution in [-0.4, -0.2) is 73.0 Å². The molecule has 0 bridgehead atoms. The molecule has 2 aromatic rings. The Labute approximate surface area is 222 Å². The van der Waals surface area contributed by atoms with Gasteiger partial charge in [0.1, 0.15) is 0 Å². The molecule has 0 aromatic heterocycles. The van der Waals surface area contributed by atoms with Gasteiger partial charge in [-0.3, -0.25) is 9.59 Å². The van der Waals surface area contributed by atoms with Gasteiger partial charge in [0.05, 0.1) is 23.4 Å². The van der Waals surface area contributed by atoms with Gasteiger partial charge in [0.15, 0.2) is 0 Å². The number of sulfonamides is 1. The Morgan fingerprint density at radius 1 is 0.763 bits per heavy atom. The fraction of sp³-hybridized carbons (Fsp3) is 0.500. The maximum atomic E-state index is 13.7. The van der Waals surface area contributed by atoms with Crippen LogP contribution in [-0.2, 0) is 19.6 Å². The lowest BCUT2D eigenvalue weighted by molar-refractivity contribution is -0.143. The average Bonchev–Trinajstić information content (AvgIpc) is 3.32. The summed E-state index contributed by atoms with van der Waals surface area (Å²) in [4.78, 5) is 29.4. The lowest BCUT2D eigenvalue weighted by atomic mass is 9.88. The molecule has 10 heteroatoms. The van der Waals surface area contributed by atoms with Gasteiger partial charge in [0.2, 0.25) is 21.8 Å². The van der Waals surface area contributed by atoms with Crippen molar-refractivity contribution < 1.29 is 26.8 Å². The van der Waals surface area contributed by atoms with E-state index < -0.39 is 28.4 Å². The third-order valence-electron chi connectivity index (χ3n) is 8.06. The van der Waals surface area contributed by atoms with Crippen LogP contribution in [0, 0.1) is 11.8 Å². The summed E-state index contributed by atoms with van der Waals surface area (Å²) in [5.41, 5.74) is 0.893. The molecule has 2 aromatic carbocycles. The first kappa shape index (κ1) is 26.7. The Balaban J connectivity index is 1.27. The van der Waals surface area contributed by atoms with E-state index in [-0.39, 0.29) is 48.2 Å². The van der Waals surface area contributed by atoms with E-state index >= 15 is 0 Å². The molecular weight excluding hydrogens is 512 g/mol. The number of likely N-dealkylation sites (tertiary alicyclic amines) is 2. The maximum absolute atomic E-state index is 13.7. The Morgan fingerprint density at radius 3 is 1.97 bits per heavy atom. The molecule has 3 saturated heterocycles. The summed E-state index contributed by atoms with van der Waals surface area (Å²) >= 11 is 0. The first-order valence-corrected chi connectivity index (χ1v) is 14.7. The lowest BCUT2D eigenvalue weighted by Crippen LogP contribution is -2.50. The van der Waals surface area contributed by atoms with Crippen molar-refractivity contribution in [1.29, 1.82) is 0 Å². The summed E-state index contributed by atoms with van der Waals surface area (Å²) in [5, 5.41) is 0. The molecule has 5 rings (SSSR count). The Kier molecular flexibility index (Phi) is 7.55. The number of nitrogens with zero attached hydrogens (tertiary/aromatic N) is 3. The van der Waals surface area contributed by atoms with Crippen molar-refractivity contribution in [2.24, 2.45) is 11.8 Å². The van der Waals surface area contributed by atoms with Crippen LogP contribution in [0.25, 0.3) is 0 Å². The molecule has 0 radical (unpaired) electrons. The number of hydrogen-bond acceptors (Lipinski definition) is 4. The van der Waals surface area contributed by atoms with Crippen LogP contribution >= 0.6 is 0 Å². The van der Waals surface area contributed by atoms with Gasteiger partial charge in [-0.05, 0) is 43.4 Å². The van der Waals surface area contributed by atoms with Crippen molar-refractivity contribution in [3.8, 4) is 0 Å². The fourth-order valence-corrected chi connectivity index (χ4v) is 7.64. The third-order valence-corrected chi connectivity index (χ3v) is 9.95. The number of piperidine rings is 2. The van der Waals surface area contributed by atoms with Gasteiger partial charge in [-0.1, -0.05) is 48.5 Å². The number of carbonyl (C=O) groups excluding carboxylic acids is 2. The predicted octanol–water partition coefficient (Wildman–Crippen LogP) is 3.93. The van der Waals surface area contributed by atoms with Gasteiger partial charge in [-0.25, -0.2) is 17.2 Å². The van der Waals surface area contributed by atoms with Crippen molar-refractivity contribution in [2.45, 2.75) is 49.0 Å². The summed E-state index contributed by atoms with van der Waals surface area (Å²) < 4.78 is 56.0. The van der Waals surface area contributed by atoms with Crippen LogP contribution in [0.2, 0.25) is 0 Å². The van der Waals surface area contributed by atoms with Crippen LogP contribution in [0.3, 0.4) is 0 Å². The molecule has 7 nitrogen and oxygen atoms in total. The quantitative estimate of drug-likeness (QED) is 0.571. The third kappa shape index (κ3) is 5.47. The maximum Gasteiger partial charge on any atom is 0.267 e.